The van der Waals surface area contributed by atoms with Gasteiger partial charge >= 0.3 is 5.97 Å². The minimum Gasteiger partial charge on any atom is -0.504 e. The molecule has 0 saturated carbocycles. The van der Waals surface area contributed by atoms with Gasteiger partial charge in [0, 0.05) is 10.0 Å². The van der Waals surface area contributed by atoms with Crippen LogP contribution in [0.3, 0.4) is 0 Å². The highest BCUT2D eigenvalue weighted by molar-refractivity contribution is 9.10. The quantitative estimate of drug-likeness (QED) is 0.589. The molecule has 9 heteroatoms. The maximum atomic E-state index is 12.2. The molecule has 0 aliphatic carbocycles. The summed E-state index contributed by atoms with van der Waals surface area (Å²) in [5.74, 6) is -1.52. The molecular weight excluding hydrogens is 394 g/mol. The average molecular weight is 404 g/mol. The number of methoxy groups -OCH3 is 1. The molecule has 2 rings (SSSR count). The van der Waals surface area contributed by atoms with Crippen molar-refractivity contribution in [3.8, 4) is 11.5 Å². The van der Waals surface area contributed by atoms with Crippen molar-refractivity contribution >= 4 is 62.2 Å². The third kappa shape index (κ3) is 3.42. The van der Waals surface area contributed by atoms with Gasteiger partial charge in [-0.2, -0.15) is 0 Å². The number of carbonyl (C=O) groups excluding carboxylic acids is 1. The van der Waals surface area contributed by atoms with Crippen LogP contribution < -0.4 is 4.74 Å². The molecule has 0 spiro atoms. The number of hydrogen-bond acceptors (Lipinski definition) is 6. The van der Waals surface area contributed by atoms with Crippen LogP contribution in [0.4, 0.5) is 0 Å². The fourth-order valence-electron chi connectivity index (χ4n) is 1.77. The summed E-state index contributed by atoms with van der Waals surface area (Å²) >= 11 is 9.27. The molecule has 0 bridgehead atoms. The summed E-state index contributed by atoms with van der Waals surface area (Å²) in [4.78, 5) is 24.2. The molecule has 0 aromatic heterocycles. The lowest BCUT2D eigenvalue weighted by Gasteiger charge is -2.10. The Balaban J connectivity index is 2.39. The first-order valence-electron chi connectivity index (χ1n) is 5.87. The molecule has 0 unspecified atom stereocenters. The van der Waals surface area contributed by atoms with Gasteiger partial charge in [-0.1, -0.05) is 39.9 Å². The molecule has 1 aromatic rings. The van der Waals surface area contributed by atoms with Crippen LogP contribution in [0.25, 0.3) is 6.08 Å². The summed E-state index contributed by atoms with van der Waals surface area (Å²) in [6.07, 6.45) is 1.45. The normalized spacial score (nSPS) is 16.5. The van der Waals surface area contributed by atoms with Gasteiger partial charge in [0.2, 0.25) is 0 Å². The Morgan fingerprint density at radius 2 is 2.23 bits per heavy atom. The molecule has 1 saturated heterocycles. The van der Waals surface area contributed by atoms with Gasteiger partial charge in [-0.05, 0) is 18.2 Å². The lowest BCUT2D eigenvalue weighted by Crippen LogP contribution is -2.33. The van der Waals surface area contributed by atoms with Gasteiger partial charge in [-0.25, -0.2) is 0 Å². The van der Waals surface area contributed by atoms with E-state index in [2.05, 4.69) is 15.9 Å². The number of phenolic OH excluding ortho intramolecular Hbond substituents is 1. The first kappa shape index (κ1) is 16.8. The smallest absolute Gasteiger partial charge is 0.323 e. The molecule has 22 heavy (non-hydrogen) atoms. The van der Waals surface area contributed by atoms with Crippen LogP contribution in [0.5, 0.6) is 11.5 Å². The van der Waals surface area contributed by atoms with Crippen molar-refractivity contribution in [2.45, 2.75) is 0 Å². The van der Waals surface area contributed by atoms with E-state index in [0.717, 1.165) is 16.7 Å². The van der Waals surface area contributed by atoms with Crippen molar-refractivity contribution in [2.24, 2.45) is 0 Å². The predicted octanol–water partition coefficient (Wildman–Crippen LogP) is 2.45. The van der Waals surface area contributed by atoms with E-state index in [-0.39, 0.29) is 20.7 Å². The van der Waals surface area contributed by atoms with Crippen molar-refractivity contribution in [3.05, 3.63) is 27.1 Å². The number of aromatic hydroxyl groups is 1. The highest BCUT2D eigenvalue weighted by Gasteiger charge is 2.33. The molecule has 1 aliphatic heterocycles. The first-order chi connectivity index (χ1) is 10.3. The number of benzene rings is 1. The lowest BCUT2D eigenvalue weighted by atomic mass is 10.1. The van der Waals surface area contributed by atoms with Crippen molar-refractivity contribution in [1.29, 1.82) is 0 Å². The van der Waals surface area contributed by atoms with Crippen molar-refractivity contribution in [2.75, 3.05) is 13.7 Å². The number of nitrogens with zero attached hydrogens (tertiary/aromatic N) is 1. The number of carbonyl (C=O) groups is 2. The van der Waals surface area contributed by atoms with E-state index in [1.165, 1.54) is 13.2 Å². The number of thiocarbonyl (C=S) groups is 1. The number of rotatable bonds is 4. The number of hydrogen-bond donors (Lipinski definition) is 2. The highest BCUT2D eigenvalue weighted by Crippen LogP contribution is 2.38. The highest BCUT2D eigenvalue weighted by atomic mass is 79.9. The number of phenols is 1. The standard InChI is InChI=1S/C13H10BrNO5S2/c1-20-8-4-7(14)2-6(11(8)18)3-9-12(19)15(5-10(16)17)13(21)22-9/h2-4,18H,5H2,1H3,(H,16,17). The second-order valence-corrected chi connectivity index (χ2v) is 6.80. The Morgan fingerprint density at radius 3 is 2.82 bits per heavy atom. The molecule has 1 fully saturated rings. The van der Waals surface area contributed by atoms with Crippen LogP contribution in [0, 0.1) is 0 Å². The average Bonchev–Trinajstić information content (AvgIpc) is 2.69. The van der Waals surface area contributed by atoms with E-state index in [1.54, 1.807) is 12.1 Å². The number of halogens is 1. The molecule has 0 radical (unpaired) electrons. The largest absolute Gasteiger partial charge is 0.504 e. The molecule has 1 heterocycles. The van der Waals surface area contributed by atoms with E-state index < -0.39 is 18.4 Å². The number of carboxylic acids is 1. The van der Waals surface area contributed by atoms with Gasteiger partial charge in [0.25, 0.3) is 5.91 Å². The minimum absolute atomic E-state index is 0.116. The lowest BCUT2D eigenvalue weighted by molar-refractivity contribution is -0.140. The number of ether oxygens (including phenoxy) is 1. The molecule has 1 amide bonds. The van der Waals surface area contributed by atoms with Gasteiger partial charge in [-0.15, -0.1) is 0 Å². The molecule has 6 nitrogen and oxygen atoms in total. The van der Waals surface area contributed by atoms with Crippen LogP contribution in [-0.4, -0.2) is 45.0 Å². The van der Waals surface area contributed by atoms with E-state index in [4.69, 9.17) is 22.1 Å². The van der Waals surface area contributed by atoms with E-state index in [1.807, 2.05) is 0 Å². The van der Waals surface area contributed by atoms with E-state index in [9.17, 15) is 14.7 Å². The predicted molar refractivity (Wildman–Crippen MR) is 89.9 cm³/mol. The Kier molecular flexibility index (Phi) is 5.09. The fraction of sp³-hybridized carbons (Fsp3) is 0.154. The molecule has 0 atom stereocenters. The van der Waals surface area contributed by atoms with Crippen molar-refractivity contribution in [3.63, 3.8) is 0 Å². The van der Waals surface area contributed by atoms with Gasteiger partial charge in [0.15, 0.2) is 11.5 Å². The summed E-state index contributed by atoms with van der Waals surface area (Å²) in [6, 6.07) is 3.20. The van der Waals surface area contributed by atoms with Crippen LogP contribution in [0.2, 0.25) is 0 Å². The zero-order valence-electron chi connectivity index (χ0n) is 11.2. The van der Waals surface area contributed by atoms with Crippen LogP contribution in [0.1, 0.15) is 5.56 Å². The molecule has 2 N–H and O–H groups in total. The number of amides is 1. The summed E-state index contributed by atoms with van der Waals surface area (Å²) in [7, 11) is 1.41. The van der Waals surface area contributed by atoms with Gasteiger partial charge in [0.1, 0.15) is 10.9 Å². The van der Waals surface area contributed by atoms with E-state index >= 15 is 0 Å². The van der Waals surface area contributed by atoms with Crippen molar-refractivity contribution in [1.82, 2.24) is 4.90 Å². The molecule has 1 aliphatic rings. The number of aliphatic carboxylic acids is 1. The van der Waals surface area contributed by atoms with Crippen LogP contribution in [0.15, 0.2) is 21.5 Å². The van der Waals surface area contributed by atoms with Gasteiger partial charge < -0.3 is 14.9 Å². The molecular formula is C13H10BrNO5S2. The second-order valence-electron chi connectivity index (χ2n) is 4.21. The summed E-state index contributed by atoms with van der Waals surface area (Å²) in [5, 5.41) is 18.9. The SMILES string of the molecule is COc1cc(Br)cc(C=C2SC(=S)N(CC(=O)O)C2=O)c1O. The third-order valence-corrected chi connectivity index (χ3v) is 4.58. The minimum atomic E-state index is -1.15. The summed E-state index contributed by atoms with van der Waals surface area (Å²) < 4.78 is 5.87. The zero-order valence-corrected chi connectivity index (χ0v) is 14.4. The van der Waals surface area contributed by atoms with Crippen LogP contribution >= 0.6 is 39.9 Å². The number of carboxylic acid groups (broad SMARTS) is 1. The maximum absolute atomic E-state index is 12.2. The summed E-state index contributed by atoms with van der Waals surface area (Å²) in [5.41, 5.74) is 0.363. The third-order valence-electron chi connectivity index (χ3n) is 2.74. The summed E-state index contributed by atoms with van der Waals surface area (Å²) in [6.45, 7) is -0.490. The Hall–Kier alpha value is -1.58. The molecule has 1 aromatic carbocycles. The van der Waals surface area contributed by atoms with Crippen LogP contribution in [-0.2, 0) is 9.59 Å². The van der Waals surface area contributed by atoms with E-state index in [0.29, 0.717) is 10.0 Å². The monoisotopic (exact) mass is 403 g/mol. The fourth-order valence-corrected chi connectivity index (χ4v) is 3.47. The Morgan fingerprint density at radius 1 is 1.55 bits per heavy atom. The Bertz CT molecular complexity index is 704. The maximum Gasteiger partial charge on any atom is 0.323 e. The first-order valence-corrected chi connectivity index (χ1v) is 7.89. The number of thioether (sulfide) groups is 1. The zero-order chi connectivity index (χ0) is 16.4. The topological polar surface area (TPSA) is 87.1 Å². The van der Waals surface area contributed by atoms with Gasteiger partial charge in [0.05, 0.1) is 12.0 Å². The molecule has 116 valence electrons. The second kappa shape index (κ2) is 6.67. The van der Waals surface area contributed by atoms with Gasteiger partial charge in [-0.3, -0.25) is 14.5 Å². The Labute approximate surface area is 143 Å². The van der Waals surface area contributed by atoms with Crippen molar-refractivity contribution < 1.29 is 24.5 Å².